The van der Waals surface area contributed by atoms with Crippen molar-refractivity contribution in [1.82, 2.24) is 0 Å². The highest BCUT2D eigenvalue weighted by Crippen LogP contribution is 2.24. The van der Waals surface area contributed by atoms with E-state index >= 15 is 0 Å². The lowest BCUT2D eigenvalue weighted by molar-refractivity contribution is -0.116. The minimum Gasteiger partial charge on any atom is -0.300 e. The van der Waals surface area contributed by atoms with Crippen molar-refractivity contribution in [2.45, 2.75) is 13.3 Å². The van der Waals surface area contributed by atoms with E-state index in [0.29, 0.717) is 0 Å². The molecule has 0 N–H and O–H groups in total. The number of ketones is 1. The highest BCUT2D eigenvalue weighted by atomic mass is 35.5. The summed E-state index contributed by atoms with van der Waals surface area (Å²) in [5.41, 5.74) is -0.322. The van der Waals surface area contributed by atoms with Crippen molar-refractivity contribution in [3.63, 3.8) is 0 Å². The average molecular weight is 223 g/mol. The molecule has 0 bridgehead atoms. The molecule has 0 spiro atoms. The highest BCUT2D eigenvalue weighted by Gasteiger charge is 2.17. The van der Waals surface area contributed by atoms with Gasteiger partial charge in [0.25, 0.3) is 0 Å². The Bertz CT molecular complexity index is 390. The Morgan fingerprint density at radius 3 is 2.43 bits per heavy atom. The maximum Gasteiger partial charge on any atom is 0.180 e. The molecule has 0 aromatic heterocycles. The van der Waals surface area contributed by atoms with Gasteiger partial charge in [-0.15, -0.1) is 0 Å². The third kappa shape index (κ3) is 2.07. The molecular weight excluding hydrogens is 217 g/mol. The van der Waals surface area contributed by atoms with Gasteiger partial charge in [0.15, 0.2) is 11.6 Å². The van der Waals surface area contributed by atoms with Crippen LogP contribution in [0.1, 0.15) is 12.5 Å². The highest BCUT2D eigenvalue weighted by molar-refractivity contribution is 6.30. The number of carbonyl (C=O) groups excluding carboxylic acids is 1. The van der Waals surface area contributed by atoms with E-state index in [2.05, 4.69) is 0 Å². The quantitative estimate of drug-likeness (QED) is 0.556. The van der Waals surface area contributed by atoms with Gasteiger partial charge in [0.1, 0.15) is 16.6 Å². The minimum absolute atomic E-state index is 0.322. The summed E-state index contributed by atoms with van der Waals surface area (Å²) >= 11 is 5.12. The summed E-state index contributed by atoms with van der Waals surface area (Å²) < 4.78 is 38.7. The number of halogens is 4. The molecule has 1 rings (SSSR count). The van der Waals surface area contributed by atoms with Crippen molar-refractivity contribution in [3.05, 3.63) is 34.1 Å². The Balaban J connectivity index is 3.25. The largest absolute Gasteiger partial charge is 0.300 e. The number of hydrogen-bond acceptors (Lipinski definition) is 1. The maximum atomic E-state index is 13.0. The Morgan fingerprint density at radius 2 is 1.93 bits per heavy atom. The lowest BCUT2D eigenvalue weighted by Crippen LogP contribution is -2.03. The molecule has 0 aliphatic rings. The molecule has 0 unspecified atom stereocenters. The molecule has 14 heavy (non-hydrogen) atoms. The van der Waals surface area contributed by atoms with E-state index < -0.39 is 22.5 Å². The summed E-state index contributed by atoms with van der Waals surface area (Å²) in [6.45, 7) is 1.20. The van der Waals surface area contributed by atoms with Gasteiger partial charge in [0.2, 0.25) is 0 Å². The molecule has 5 heteroatoms. The van der Waals surface area contributed by atoms with E-state index in [1.807, 2.05) is 0 Å². The number of carbonyl (C=O) groups is 1. The first-order chi connectivity index (χ1) is 6.43. The van der Waals surface area contributed by atoms with Crippen LogP contribution in [0.15, 0.2) is 6.07 Å². The summed E-state index contributed by atoms with van der Waals surface area (Å²) in [4.78, 5) is 10.6. The van der Waals surface area contributed by atoms with Crippen LogP contribution in [-0.2, 0) is 11.2 Å². The van der Waals surface area contributed by atoms with Crippen molar-refractivity contribution in [2.24, 2.45) is 0 Å². The number of Topliss-reactive ketones (excluding diaryl/α,β-unsaturated/α-hetero) is 1. The lowest BCUT2D eigenvalue weighted by atomic mass is 10.1. The third-order valence-electron chi connectivity index (χ3n) is 1.62. The maximum absolute atomic E-state index is 13.0. The Hall–Kier alpha value is -1.03. The second kappa shape index (κ2) is 4.00. The van der Waals surface area contributed by atoms with Gasteiger partial charge < -0.3 is 0 Å². The van der Waals surface area contributed by atoms with Crippen molar-refractivity contribution in [1.29, 1.82) is 0 Å². The fraction of sp³-hybridized carbons (Fsp3) is 0.222. The number of hydrogen-bond donors (Lipinski definition) is 0. The van der Waals surface area contributed by atoms with Crippen molar-refractivity contribution >= 4 is 17.4 Å². The predicted molar refractivity (Wildman–Crippen MR) is 45.7 cm³/mol. The molecule has 0 atom stereocenters. The number of rotatable bonds is 2. The van der Waals surface area contributed by atoms with Gasteiger partial charge in [-0.1, -0.05) is 11.6 Å². The summed E-state index contributed by atoms with van der Waals surface area (Å²) in [5, 5.41) is -0.894. The second-order valence-electron chi connectivity index (χ2n) is 2.84. The molecule has 0 heterocycles. The van der Waals surface area contributed by atoms with Crippen LogP contribution in [0.25, 0.3) is 0 Å². The molecule has 76 valence electrons. The van der Waals surface area contributed by atoms with E-state index in [0.717, 1.165) is 6.07 Å². The summed E-state index contributed by atoms with van der Waals surface area (Å²) in [6.07, 6.45) is -0.350. The molecule has 1 nitrogen and oxygen atoms in total. The van der Waals surface area contributed by atoms with Gasteiger partial charge >= 0.3 is 0 Å². The molecule has 1 aromatic carbocycles. The zero-order chi connectivity index (χ0) is 10.9. The molecule has 0 fully saturated rings. The van der Waals surface area contributed by atoms with Crippen LogP contribution in [0, 0.1) is 17.5 Å². The van der Waals surface area contributed by atoms with Crippen molar-refractivity contribution < 1.29 is 18.0 Å². The van der Waals surface area contributed by atoms with Gasteiger partial charge in [-0.3, -0.25) is 4.79 Å². The van der Waals surface area contributed by atoms with E-state index in [1.54, 1.807) is 0 Å². The van der Waals surface area contributed by atoms with E-state index in [-0.39, 0.29) is 17.8 Å². The Morgan fingerprint density at radius 1 is 1.36 bits per heavy atom. The molecule has 0 aliphatic carbocycles. The monoisotopic (exact) mass is 222 g/mol. The normalized spacial score (nSPS) is 10.4. The van der Waals surface area contributed by atoms with Crippen LogP contribution in [0.5, 0.6) is 0 Å². The standard InChI is InChI=1S/C9H6ClF3O/c1-4(14)2-5-3-6(11)7(10)9(13)8(5)12/h3H,2H2,1H3. The SMILES string of the molecule is CC(=O)Cc1cc(F)c(Cl)c(F)c1F. The summed E-state index contributed by atoms with van der Waals surface area (Å²) in [7, 11) is 0. The first-order valence-corrected chi connectivity index (χ1v) is 4.12. The van der Waals surface area contributed by atoms with Gasteiger partial charge in [-0.05, 0) is 13.0 Å². The molecule has 0 radical (unpaired) electrons. The van der Waals surface area contributed by atoms with Crippen molar-refractivity contribution in [3.8, 4) is 0 Å². The molecule has 0 aliphatic heterocycles. The lowest BCUT2D eigenvalue weighted by Gasteiger charge is -2.04. The fourth-order valence-electron chi connectivity index (χ4n) is 1.02. The van der Waals surface area contributed by atoms with Crippen LogP contribution in [-0.4, -0.2) is 5.78 Å². The van der Waals surface area contributed by atoms with Gasteiger partial charge in [0, 0.05) is 12.0 Å². The third-order valence-corrected chi connectivity index (χ3v) is 1.96. The molecular formula is C9H6ClF3O. The Kier molecular flexibility index (Phi) is 3.16. The fourth-order valence-corrected chi connectivity index (χ4v) is 1.16. The minimum atomic E-state index is -1.46. The van der Waals surface area contributed by atoms with Crippen LogP contribution in [0.4, 0.5) is 13.2 Å². The van der Waals surface area contributed by atoms with E-state index in [1.165, 1.54) is 6.92 Å². The Labute approximate surface area is 83.5 Å². The molecule has 1 aromatic rings. The van der Waals surface area contributed by atoms with Gasteiger partial charge in [-0.25, -0.2) is 13.2 Å². The van der Waals surface area contributed by atoms with Crippen LogP contribution >= 0.6 is 11.6 Å². The molecule has 0 saturated heterocycles. The van der Waals surface area contributed by atoms with Crippen LogP contribution in [0.3, 0.4) is 0 Å². The predicted octanol–water partition coefficient (Wildman–Crippen LogP) is 2.89. The topological polar surface area (TPSA) is 17.1 Å². The van der Waals surface area contributed by atoms with Crippen LogP contribution < -0.4 is 0 Å². The molecule has 0 amide bonds. The van der Waals surface area contributed by atoms with Gasteiger partial charge in [0.05, 0.1) is 0 Å². The summed E-state index contributed by atoms with van der Waals surface area (Å²) in [5.74, 6) is -4.18. The smallest absolute Gasteiger partial charge is 0.180 e. The first kappa shape index (κ1) is 11.0. The first-order valence-electron chi connectivity index (χ1n) is 3.74. The van der Waals surface area contributed by atoms with Crippen molar-refractivity contribution in [2.75, 3.05) is 0 Å². The molecule has 0 saturated carbocycles. The van der Waals surface area contributed by atoms with Gasteiger partial charge in [-0.2, -0.15) is 0 Å². The second-order valence-corrected chi connectivity index (χ2v) is 3.22. The van der Waals surface area contributed by atoms with Crippen LogP contribution in [0.2, 0.25) is 5.02 Å². The summed E-state index contributed by atoms with van der Waals surface area (Å²) in [6, 6.07) is 0.724. The number of benzene rings is 1. The van der Waals surface area contributed by atoms with E-state index in [4.69, 9.17) is 11.6 Å². The average Bonchev–Trinajstić information content (AvgIpc) is 2.10. The zero-order valence-electron chi connectivity index (χ0n) is 7.20. The van der Waals surface area contributed by atoms with E-state index in [9.17, 15) is 18.0 Å². The zero-order valence-corrected chi connectivity index (χ0v) is 7.96.